The second kappa shape index (κ2) is 7.02. The van der Waals surface area contributed by atoms with Crippen LogP contribution in [0, 0.1) is 5.41 Å². The lowest BCUT2D eigenvalue weighted by molar-refractivity contribution is -0.135. The molecule has 4 nitrogen and oxygen atoms in total. The lowest BCUT2D eigenvalue weighted by atomic mass is 9.90. The van der Waals surface area contributed by atoms with Crippen LogP contribution in [0.3, 0.4) is 0 Å². The van der Waals surface area contributed by atoms with Gasteiger partial charge >= 0.3 is 0 Å². The fourth-order valence-electron chi connectivity index (χ4n) is 1.78. The second-order valence-electron chi connectivity index (χ2n) is 5.55. The summed E-state index contributed by atoms with van der Waals surface area (Å²) < 4.78 is 0. The summed E-state index contributed by atoms with van der Waals surface area (Å²) in [7, 11) is 0. The number of rotatable bonds is 4. The summed E-state index contributed by atoms with van der Waals surface area (Å²) in [6.45, 7) is 3.11. The minimum absolute atomic E-state index is 0.417. The summed E-state index contributed by atoms with van der Waals surface area (Å²) in [4.78, 5) is 24.8. The van der Waals surface area contributed by atoms with Gasteiger partial charge in [-0.15, -0.1) is 0 Å². The topological polar surface area (TPSA) is 58.2 Å². The molecule has 0 saturated heterocycles. The van der Waals surface area contributed by atoms with Crippen molar-refractivity contribution < 1.29 is 9.59 Å². The molecule has 0 radical (unpaired) electrons. The van der Waals surface area contributed by atoms with Crippen LogP contribution in [0.2, 0.25) is 10.0 Å². The van der Waals surface area contributed by atoms with Gasteiger partial charge in [-0.05, 0) is 56.3 Å². The number of halogens is 2. The van der Waals surface area contributed by atoms with Crippen LogP contribution < -0.4 is 10.6 Å². The van der Waals surface area contributed by atoms with Crippen molar-refractivity contribution in [3.63, 3.8) is 0 Å². The molecule has 0 spiro atoms. The SMILES string of the molecule is CC(C)(C(=O)Nc1ccc(Cl)cc1)C(=O)Nc1cccc(Cl)c1. The number of carbonyl (C=O) groups is 2. The van der Waals surface area contributed by atoms with E-state index < -0.39 is 17.2 Å². The number of anilines is 2. The summed E-state index contributed by atoms with van der Waals surface area (Å²) in [6.07, 6.45) is 0. The van der Waals surface area contributed by atoms with Crippen molar-refractivity contribution in [2.24, 2.45) is 5.41 Å². The van der Waals surface area contributed by atoms with Crippen molar-refractivity contribution in [3.8, 4) is 0 Å². The summed E-state index contributed by atoms with van der Waals surface area (Å²) in [5.74, 6) is -0.842. The Labute approximate surface area is 144 Å². The third-order valence-electron chi connectivity index (χ3n) is 3.32. The summed E-state index contributed by atoms with van der Waals surface area (Å²) in [5, 5.41) is 6.47. The van der Waals surface area contributed by atoms with E-state index in [4.69, 9.17) is 23.2 Å². The molecule has 0 heterocycles. The Kier molecular flexibility index (Phi) is 5.29. The zero-order chi connectivity index (χ0) is 17.0. The zero-order valence-electron chi connectivity index (χ0n) is 12.7. The van der Waals surface area contributed by atoms with E-state index >= 15 is 0 Å². The van der Waals surface area contributed by atoms with E-state index in [9.17, 15) is 9.59 Å². The highest BCUT2D eigenvalue weighted by Crippen LogP contribution is 2.23. The molecule has 6 heteroatoms. The first-order chi connectivity index (χ1) is 10.8. The van der Waals surface area contributed by atoms with E-state index in [-0.39, 0.29) is 0 Å². The van der Waals surface area contributed by atoms with Crippen LogP contribution >= 0.6 is 23.2 Å². The van der Waals surface area contributed by atoms with Gasteiger partial charge in [0.2, 0.25) is 11.8 Å². The van der Waals surface area contributed by atoms with Gasteiger partial charge in [0.1, 0.15) is 5.41 Å². The van der Waals surface area contributed by atoms with Crippen molar-refractivity contribution in [1.82, 2.24) is 0 Å². The molecule has 0 atom stereocenters. The number of carbonyl (C=O) groups excluding carboxylic acids is 2. The van der Waals surface area contributed by atoms with Crippen LogP contribution in [-0.2, 0) is 9.59 Å². The molecule has 0 saturated carbocycles. The molecular weight excluding hydrogens is 335 g/mol. The van der Waals surface area contributed by atoms with Gasteiger partial charge in [-0.25, -0.2) is 0 Å². The van der Waals surface area contributed by atoms with E-state index in [0.29, 0.717) is 21.4 Å². The third-order valence-corrected chi connectivity index (χ3v) is 3.81. The monoisotopic (exact) mass is 350 g/mol. The van der Waals surface area contributed by atoms with E-state index in [1.165, 1.54) is 0 Å². The summed E-state index contributed by atoms with van der Waals surface area (Å²) in [6, 6.07) is 13.4. The number of benzene rings is 2. The number of nitrogens with one attached hydrogen (secondary N) is 2. The predicted molar refractivity (Wildman–Crippen MR) is 93.9 cm³/mol. The summed E-state index contributed by atoms with van der Waals surface area (Å²) in [5.41, 5.74) is -0.153. The average molecular weight is 351 g/mol. The first kappa shape index (κ1) is 17.3. The Morgan fingerprint density at radius 2 is 1.39 bits per heavy atom. The molecule has 0 aromatic heterocycles. The van der Waals surface area contributed by atoms with Gasteiger partial charge in [-0.3, -0.25) is 9.59 Å². The van der Waals surface area contributed by atoms with Crippen LogP contribution in [0.4, 0.5) is 11.4 Å². The van der Waals surface area contributed by atoms with Gasteiger partial charge in [0, 0.05) is 21.4 Å². The van der Waals surface area contributed by atoms with Gasteiger partial charge in [-0.2, -0.15) is 0 Å². The molecule has 2 aromatic carbocycles. The van der Waals surface area contributed by atoms with Gasteiger partial charge in [0.05, 0.1) is 0 Å². The maximum Gasteiger partial charge on any atom is 0.239 e. The maximum absolute atomic E-state index is 12.4. The quantitative estimate of drug-likeness (QED) is 0.791. The molecule has 0 aliphatic carbocycles. The van der Waals surface area contributed by atoms with E-state index in [2.05, 4.69) is 10.6 Å². The van der Waals surface area contributed by atoms with E-state index in [1.807, 2.05) is 0 Å². The third kappa shape index (κ3) is 4.47. The smallest absolute Gasteiger partial charge is 0.239 e. The number of hydrogen-bond acceptors (Lipinski definition) is 2. The molecule has 2 rings (SSSR count). The van der Waals surface area contributed by atoms with Gasteiger partial charge in [-0.1, -0.05) is 29.3 Å². The normalized spacial score (nSPS) is 11.0. The predicted octanol–water partition coefficient (Wildman–Crippen LogP) is 4.60. The number of amides is 2. The molecular formula is C17H16Cl2N2O2. The largest absolute Gasteiger partial charge is 0.325 e. The Morgan fingerprint density at radius 3 is 1.96 bits per heavy atom. The van der Waals surface area contributed by atoms with Crippen LogP contribution in [0.25, 0.3) is 0 Å². The summed E-state index contributed by atoms with van der Waals surface area (Å²) >= 11 is 11.7. The van der Waals surface area contributed by atoms with Gasteiger partial charge in [0.15, 0.2) is 0 Å². The van der Waals surface area contributed by atoms with E-state index in [0.717, 1.165) is 0 Å². The first-order valence-electron chi connectivity index (χ1n) is 6.93. The molecule has 0 fully saturated rings. The Balaban J connectivity index is 2.08. The fraction of sp³-hybridized carbons (Fsp3) is 0.176. The van der Waals surface area contributed by atoms with Crippen LogP contribution in [-0.4, -0.2) is 11.8 Å². The van der Waals surface area contributed by atoms with Gasteiger partial charge < -0.3 is 10.6 Å². The molecule has 120 valence electrons. The molecule has 2 amide bonds. The molecule has 0 unspecified atom stereocenters. The molecule has 0 aliphatic heterocycles. The average Bonchev–Trinajstić information content (AvgIpc) is 2.49. The van der Waals surface area contributed by atoms with E-state index in [1.54, 1.807) is 62.4 Å². The van der Waals surface area contributed by atoms with Crippen LogP contribution in [0.1, 0.15) is 13.8 Å². The van der Waals surface area contributed by atoms with Crippen molar-refractivity contribution in [1.29, 1.82) is 0 Å². The molecule has 23 heavy (non-hydrogen) atoms. The maximum atomic E-state index is 12.4. The van der Waals surface area contributed by atoms with Crippen molar-refractivity contribution in [3.05, 3.63) is 58.6 Å². The van der Waals surface area contributed by atoms with Gasteiger partial charge in [0.25, 0.3) is 0 Å². The number of hydrogen-bond donors (Lipinski definition) is 2. The highest BCUT2D eigenvalue weighted by Gasteiger charge is 2.36. The minimum Gasteiger partial charge on any atom is -0.325 e. The Morgan fingerprint density at radius 1 is 0.826 bits per heavy atom. The lowest BCUT2D eigenvalue weighted by Crippen LogP contribution is -2.41. The van der Waals surface area contributed by atoms with Crippen LogP contribution in [0.5, 0.6) is 0 Å². The fourth-order valence-corrected chi connectivity index (χ4v) is 2.09. The van der Waals surface area contributed by atoms with Crippen molar-refractivity contribution >= 4 is 46.4 Å². The highest BCUT2D eigenvalue weighted by molar-refractivity contribution is 6.31. The second-order valence-corrected chi connectivity index (χ2v) is 6.42. The highest BCUT2D eigenvalue weighted by atomic mass is 35.5. The molecule has 0 aliphatic rings. The minimum atomic E-state index is -1.26. The molecule has 2 aromatic rings. The van der Waals surface area contributed by atoms with Crippen molar-refractivity contribution in [2.75, 3.05) is 10.6 Å². The Hall–Kier alpha value is -2.04. The molecule has 2 N–H and O–H groups in total. The lowest BCUT2D eigenvalue weighted by Gasteiger charge is -2.22. The zero-order valence-corrected chi connectivity index (χ0v) is 14.2. The van der Waals surface area contributed by atoms with Crippen LogP contribution in [0.15, 0.2) is 48.5 Å². The van der Waals surface area contributed by atoms with Crippen molar-refractivity contribution in [2.45, 2.75) is 13.8 Å². The Bertz CT molecular complexity index is 728. The molecule has 0 bridgehead atoms. The first-order valence-corrected chi connectivity index (χ1v) is 7.68. The standard InChI is InChI=1S/C17H16Cl2N2O2/c1-17(2,15(22)20-13-8-6-11(18)7-9-13)16(23)21-14-5-3-4-12(19)10-14/h3-10H,1-2H3,(H,20,22)(H,21,23).